The van der Waals surface area contributed by atoms with Gasteiger partial charge in [-0.15, -0.1) is 0 Å². The Hall–Kier alpha value is -4.28. The van der Waals surface area contributed by atoms with Crippen molar-refractivity contribution in [1.29, 1.82) is 5.26 Å². The minimum Gasteiger partial charge on any atom is -0.493 e. The lowest BCUT2D eigenvalue weighted by molar-refractivity contribution is -0.118. The van der Waals surface area contributed by atoms with Crippen molar-refractivity contribution >= 4 is 40.9 Å². The highest BCUT2D eigenvalue weighted by Gasteiger charge is 2.16. The number of benzene rings is 3. The molecule has 0 aliphatic rings. The summed E-state index contributed by atoms with van der Waals surface area (Å²) in [5, 5.41) is 15.2. The highest BCUT2D eigenvalue weighted by atomic mass is 35.5. The van der Waals surface area contributed by atoms with Crippen molar-refractivity contribution in [3.05, 3.63) is 87.4 Å². The second-order valence-electron chi connectivity index (χ2n) is 8.16. The van der Waals surface area contributed by atoms with Gasteiger partial charge in [0.25, 0.3) is 11.8 Å². The van der Waals surface area contributed by atoms with E-state index in [1.165, 1.54) is 19.3 Å². The summed E-state index contributed by atoms with van der Waals surface area (Å²) in [5.74, 6) is -0.486. The molecule has 7 nitrogen and oxygen atoms in total. The van der Waals surface area contributed by atoms with Gasteiger partial charge >= 0.3 is 0 Å². The van der Waals surface area contributed by atoms with Crippen molar-refractivity contribution in [2.24, 2.45) is 0 Å². The van der Waals surface area contributed by atoms with Crippen LogP contribution in [-0.2, 0) is 9.59 Å². The molecule has 0 aliphatic heterocycles. The lowest BCUT2D eigenvalue weighted by Gasteiger charge is -2.14. The van der Waals surface area contributed by atoms with E-state index in [4.69, 9.17) is 21.1 Å². The van der Waals surface area contributed by atoms with Crippen LogP contribution in [-0.4, -0.2) is 25.5 Å². The lowest BCUT2D eigenvalue weighted by atomic mass is 10.1. The van der Waals surface area contributed by atoms with Crippen molar-refractivity contribution in [2.75, 3.05) is 24.4 Å². The summed E-state index contributed by atoms with van der Waals surface area (Å²) < 4.78 is 11.0. The fourth-order valence-corrected chi connectivity index (χ4v) is 3.63. The summed E-state index contributed by atoms with van der Waals surface area (Å²) in [6.45, 7) is 5.57. The van der Waals surface area contributed by atoms with Gasteiger partial charge < -0.3 is 20.1 Å². The van der Waals surface area contributed by atoms with Crippen molar-refractivity contribution in [3.8, 4) is 17.6 Å². The number of hydrogen-bond acceptors (Lipinski definition) is 5. The van der Waals surface area contributed by atoms with Crippen LogP contribution in [0.15, 0.2) is 60.2 Å². The predicted molar refractivity (Wildman–Crippen MR) is 141 cm³/mol. The first kappa shape index (κ1) is 26.3. The minimum atomic E-state index is -0.554. The van der Waals surface area contributed by atoms with Crippen molar-refractivity contribution in [3.63, 3.8) is 0 Å². The molecule has 0 saturated carbocycles. The second-order valence-corrected chi connectivity index (χ2v) is 8.57. The molecule has 0 radical (unpaired) electrons. The third-order valence-electron chi connectivity index (χ3n) is 5.34. The van der Waals surface area contributed by atoms with E-state index < -0.39 is 5.91 Å². The molecule has 0 atom stereocenters. The Balaban J connectivity index is 1.73. The van der Waals surface area contributed by atoms with E-state index in [0.29, 0.717) is 16.9 Å². The average Bonchev–Trinajstić information content (AvgIpc) is 2.83. The highest BCUT2D eigenvalue weighted by molar-refractivity contribution is 6.32. The summed E-state index contributed by atoms with van der Waals surface area (Å²) >= 11 is 6.40. The van der Waals surface area contributed by atoms with Gasteiger partial charge in [0.1, 0.15) is 11.6 Å². The maximum atomic E-state index is 12.6. The first-order valence-electron chi connectivity index (χ1n) is 11.1. The van der Waals surface area contributed by atoms with E-state index >= 15 is 0 Å². The van der Waals surface area contributed by atoms with Crippen molar-refractivity contribution in [1.82, 2.24) is 0 Å². The summed E-state index contributed by atoms with van der Waals surface area (Å²) in [7, 11) is 1.43. The highest BCUT2D eigenvalue weighted by Crippen LogP contribution is 2.37. The first-order chi connectivity index (χ1) is 17.2. The number of carbonyl (C=O) groups is 2. The second kappa shape index (κ2) is 11.9. The zero-order valence-corrected chi connectivity index (χ0v) is 21.2. The molecular formula is C28H26ClN3O4. The number of rotatable bonds is 8. The maximum absolute atomic E-state index is 12.6. The monoisotopic (exact) mass is 503 g/mol. The molecule has 3 rings (SSSR count). The molecule has 0 heterocycles. The number of aryl methyl sites for hydroxylation is 3. The van der Waals surface area contributed by atoms with Gasteiger partial charge in [0.05, 0.1) is 12.1 Å². The normalized spacial score (nSPS) is 10.8. The number of ether oxygens (including phenoxy) is 2. The quantitative estimate of drug-likeness (QED) is 0.297. The van der Waals surface area contributed by atoms with Gasteiger partial charge in [-0.25, -0.2) is 0 Å². The zero-order chi connectivity index (χ0) is 26.2. The number of carbonyl (C=O) groups excluding carboxylic acids is 2. The fourth-order valence-electron chi connectivity index (χ4n) is 3.35. The minimum absolute atomic E-state index is 0.115. The van der Waals surface area contributed by atoms with E-state index in [1.54, 1.807) is 18.2 Å². The van der Waals surface area contributed by atoms with Gasteiger partial charge in [-0.1, -0.05) is 29.8 Å². The lowest BCUT2D eigenvalue weighted by Crippen LogP contribution is -2.20. The molecule has 184 valence electrons. The Morgan fingerprint density at radius 2 is 1.75 bits per heavy atom. The van der Waals surface area contributed by atoms with Crippen LogP contribution < -0.4 is 20.1 Å². The number of nitriles is 1. The number of nitrogens with one attached hydrogen (secondary N) is 2. The van der Waals surface area contributed by atoms with Crippen LogP contribution in [0.1, 0.15) is 22.3 Å². The molecule has 0 bridgehead atoms. The number of halogens is 1. The molecule has 0 spiro atoms. The van der Waals surface area contributed by atoms with Crippen molar-refractivity contribution < 1.29 is 19.1 Å². The molecule has 2 amide bonds. The van der Waals surface area contributed by atoms with Crippen LogP contribution in [0.2, 0.25) is 5.02 Å². The summed E-state index contributed by atoms with van der Waals surface area (Å²) in [4.78, 5) is 25.0. The van der Waals surface area contributed by atoms with Gasteiger partial charge in [-0.2, -0.15) is 5.26 Å². The molecule has 0 unspecified atom stereocenters. The number of anilines is 2. The Morgan fingerprint density at radius 3 is 2.42 bits per heavy atom. The third kappa shape index (κ3) is 6.87. The van der Waals surface area contributed by atoms with Crippen LogP contribution in [0, 0.1) is 32.1 Å². The molecule has 8 heteroatoms. The average molecular weight is 504 g/mol. The molecule has 36 heavy (non-hydrogen) atoms. The number of amides is 2. The van der Waals surface area contributed by atoms with Crippen LogP contribution in [0.3, 0.4) is 0 Å². The fraction of sp³-hybridized carbons (Fsp3) is 0.179. The molecule has 0 fully saturated rings. The van der Waals surface area contributed by atoms with Crippen LogP contribution >= 0.6 is 11.6 Å². The Bertz CT molecular complexity index is 1380. The Labute approximate surface area is 215 Å². The third-order valence-corrected chi connectivity index (χ3v) is 5.62. The van der Waals surface area contributed by atoms with E-state index in [9.17, 15) is 14.9 Å². The first-order valence-corrected chi connectivity index (χ1v) is 11.4. The maximum Gasteiger partial charge on any atom is 0.266 e. The molecule has 0 aromatic heterocycles. The molecular weight excluding hydrogens is 478 g/mol. The molecule has 0 aliphatic carbocycles. The van der Waals surface area contributed by atoms with Crippen molar-refractivity contribution in [2.45, 2.75) is 20.8 Å². The smallest absolute Gasteiger partial charge is 0.266 e. The van der Waals surface area contributed by atoms with Crippen LogP contribution in [0.4, 0.5) is 11.4 Å². The van der Waals surface area contributed by atoms with Gasteiger partial charge in [0, 0.05) is 11.4 Å². The molecule has 0 saturated heterocycles. The standard InChI is InChI=1S/C28H26ClN3O4/c1-17-6-5-7-22(10-17)32-28(34)21(15-30)12-20-13-24(29)27(25(14-20)35-4)36-16-26(33)31-23-9-8-18(2)19(3)11-23/h5-14H,16H2,1-4H3,(H,31,33)(H,32,34)/b21-12+. The van der Waals surface area contributed by atoms with Gasteiger partial charge in [-0.3, -0.25) is 9.59 Å². The number of nitrogens with zero attached hydrogens (tertiary/aromatic N) is 1. The predicted octanol–water partition coefficient (Wildman–Crippen LogP) is 5.84. The van der Waals surface area contributed by atoms with E-state index in [2.05, 4.69) is 10.6 Å². The number of methoxy groups -OCH3 is 1. The molecule has 3 aromatic rings. The van der Waals surface area contributed by atoms with E-state index in [1.807, 2.05) is 57.2 Å². The summed E-state index contributed by atoms with van der Waals surface area (Å²) in [6.07, 6.45) is 1.40. The molecule has 2 N–H and O–H groups in total. The SMILES string of the molecule is COc1cc(/C=C(\C#N)C(=O)Nc2cccc(C)c2)cc(Cl)c1OCC(=O)Nc1ccc(C)c(C)c1. The number of hydrogen-bond donors (Lipinski definition) is 2. The molecule has 3 aromatic carbocycles. The van der Waals surface area contributed by atoms with Gasteiger partial charge in [0.15, 0.2) is 18.1 Å². The topological polar surface area (TPSA) is 100 Å². The van der Waals surface area contributed by atoms with E-state index in [0.717, 1.165) is 16.7 Å². The zero-order valence-electron chi connectivity index (χ0n) is 20.4. The van der Waals surface area contributed by atoms with E-state index in [-0.39, 0.29) is 34.6 Å². The van der Waals surface area contributed by atoms with Gasteiger partial charge in [-0.05, 0) is 85.5 Å². The largest absolute Gasteiger partial charge is 0.493 e. The van der Waals surface area contributed by atoms with Gasteiger partial charge in [0.2, 0.25) is 0 Å². The summed E-state index contributed by atoms with van der Waals surface area (Å²) in [6, 6.07) is 17.9. The van der Waals surface area contributed by atoms with Crippen LogP contribution in [0.5, 0.6) is 11.5 Å². The Morgan fingerprint density at radius 1 is 1.00 bits per heavy atom. The van der Waals surface area contributed by atoms with Crippen LogP contribution in [0.25, 0.3) is 6.08 Å². The summed E-state index contributed by atoms with van der Waals surface area (Å²) in [5.41, 5.74) is 4.76. The Kier molecular flexibility index (Phi) is 8.71.